The molecule has 0 unspecified atom stereocenters. The molecule has 1 heterocycles. The Bertz CT molecular complexity index is 671. The smallest absolute Gasteiger partial charge is 0.256 e. The molecule has 21 heavy (non-hydrogen) atoms. The van der Waals surface area contributed by atoms with E-state index in [2.05, 4.69) is 4.98 Å². The number of carbonyl (C=O) groups excluding carboxylic acids is 1. The summed E-state index contributed by atoms with van der Waals surface area (Å²) in [6, 6.07) is 6.01. The van der Waals surface area contributed by atoms with E-state index in [1.807, 2.05) is 0 Å². The molecule has 0 saturated heterocycles. The molecule has 0 atom stereocenters. The van der Waals surface area contributed by atoms with Gasteiger partial charge in [-0.15, -0.1) is 0 Å². The third-order valence-electron chi connectivity index (χ3n) is 3.02. The lowest BCUT2D eigenvalue weighted by Gasteiger charge is -2.19. The highest BCUT2D eigenvalue weighted by atomic mass is 35.5. The summed E-state index contributed by atoms with van der Waals surface area (Å²) in [5.41, 5.74) is 1.26. The van der Waals surface area contributed by atoms with Gasteiger partial charge in [0.25, 0.3) is 5.91 Å². The van der Waals surface area contributed by atoms with E-state index < -0.39 is 5.82 Å². The van der Waals surface area contributed by atoms with E-state index in [1.165, 1.54) is 23.2 Å². The van der Waals surface area contributed by atoms with E-state index in [0.29, 0.717) is 5.02 Å². The van der Waals surface area contributed by atoms with Crippen molar-refractivity contribution in [2.24, 2.45) is 0 Å². The first kappa shape index (κ1) is 15.7. The second-order valence-corrected chi connectivity index (χ2v) is 5.48. The molecule has 0 N–H and O–H groups in total. The van der Waals surface area contributed by atoms with Crippen molar-refractivity contribution in [1.29, 1.82) is 0 Å². The molecule has 110 valence electrons. The highest BCUT2D eigenvalue weighted by molar-refractivity contribution is 6.33. The fraction of sp³-hybridized carbons (Fsp3) is 0.200. The molecule has 2 rings (SSSR count). The molecular formula is C15H13Cl2FN2O. The van der Waals surface area contributed by atoms with Gasteiger partial charge in [-0.05, 0) is 25.1 Å². The Labute approximate surface area is 132 Å². The number of aromatic nitrogens is 1. The van der Waals surface area contributed by atoms with Crippen LogP contribution in [0.4, 0.5) is 4.39 Å². The largest absolute Gasteiger partial charge is 0.337 e. The predicted molar refractivity (Wildman–Crippen MR) is 81.2 cm³/mol. The van der Waals surface area contributed by atoms with Crippen LogP contribution in [0.3, 0.4) is 0 Å². The number of hydrogen-bond donors (Lipinski definition) is 0. The molecule has 0 bridgehead atoms. The molecule has 1 aromatic carbocycles. The molecule has 2 aromatic rings. The minimum atomic E-state index is -0.449. The lowest BCUT2D eigenvalue weighted by atomic mass is 10.1. The second-order valence-electron chi connectivity index (χ2n) is 4.67. The SMILES string of the molecule is Cc1cc(Cl)c(C(=O)N(C)Cc2c(F)cccc2Cl)cn1. The number of nitrogens with zero attached hydrogens (tertiary/aromatic N) is 2. The number of pyridine rings is 1. The monoisotopic (exact) mass is 326 g/mol. The van der Waals surface area contributed by atoms with Gasteiger partial charge in [0.15, 0.2) is 0 Å². The second kappa shape index (κ2) is 6.41. The molecule has 0 aliphatic heterocycles. The van der Waals surface area contributed by atoms with Crippen molar-refractivity contribution in [3.8, 4) is 0 Å². The van der Waals surface area contributed by atoms with Crippen molar-refractivity contribution < 1.29 is 9.18 Å². The van der Waals surface area contributed by atoms with E-state index in [9.17, 15) is 9.18 Å². The first-order valence-electron chi connectivity index (χ1n) is 6.20. The molecule has 1 amide bonds. The van der Waals surface area contributed by atoms with Gasteiger partial charge in [0.1, 0.15) is 5.82 Å². The topological polar surface area (TPSA) is 33.2 Å². The average Bonchev–Trinajstić information content (AvgIpc) is 2.42. The number of benzene rings is 1. The molecule has 1 aromatic heterocycles. The van der Waals surface area contributed by atoms with E-state index in [4.69, 9.17) is 23.2 Å². The summed E-state index contributed by atoms with van der Waals surface area (Å²) in [6.07, 6.45) is 1.42. The summed E-state index contributed by atoms with van der Waals surface area (Å²) >= 11 is 12.0. The van der Waals surface area contributed by atoms with Crippen LogP contribution in [0.5, 0.6) is 0 Å². The lowest BCUT2D eigenvalue weighted by Crippen LogP contribution is -2.27. The molecular weight excluding hydrogens is 314 g/mol. The summed E-state index contributed by atoms with van der Waals surface area (Å²) in [5.74, 6) is -0.790. The van der Waals surface area contributed by atoms with E-state index >= 15 is 0 Å². The number of aryl methyl sites for hydroxylation is 1. The number of carbonyl (C=O) groups is 1. The normalized spacial score (nSPS) is 10.5. The van der Waals surface area contributed by atoms with Gasteiger partial charge in [0.2, 0.25) is 0 Å². The van der Waals surface area contributed by atoms with E-state index in [-0.39, 0.29) is 28.6 Å². The summed E-state index contributed by atoms with van der Waals surface area (Å²) in [4.78, 5) is 17.7. The fourth-order valence-electron chi connectivity index (χ4n) is 1.88. The zero-order chi connectivity index (χ0) is 15.6. The quantitative estimate of drug-likeness (QED) is 0.850. The van der Waals surface area contributed by atoms with Crippen molar-refractivity contribution in [1.82, 2.24) is 9.88 Å². The van der Waals surface area contributed by atoms with Gasteiger partial charge in [-0.3, -0.25) is 9.78 Å². The Morgan fingerprint density at radius 3 is 2.67 bits per heavy atom. The van der Waals surface area contributed by atoms with Gasteiger partial charge in [0, 0.05) is 36.1 Å². The number of halogens is 3. The van der Waals surface area contributed by atoms with Crippen LogP contribution in [0.1, 0.15) is 21.6 Å². The number of amides is 1. The van der Waals surface area contributed by atoms with Gasteiger partial charge in [-0.25, -0.2) is 4.39 Å². The molecule has 6 heteroatoms. The van der Waals surface area contributed by atoms with Gasteiger partial charge in [-0.2, -0.15) is 0 Å². The summed E-state index contributed by atoms with van der Waals surface area (Å²) in [6.45, 7) is 1.83. The first-order chi connectivity index (χ1) is 9.90. The Kier molecular flexibility index (Phi) is 4.80. The van der Waals surface area contributed by atoms with Crippen molar-refractivity contribution in [3.63, 3.8) is 0 Å². The van der Waals surface area contributed by atoms with Crippen LogP contribution in [-0.2, 0) is 6.54 Å². The minimum absolute atomic E-state index is 0.0501. The highest BCUT2D eigenvalue weighted by Gasteiger charge is 2.18. The third-order valence-corrected chi connectivity index (χ3v) is 3.69. The van der Waals surface area contributed by atoms with Gasteiger partial charge in [0.05, 0.1) is 10.6 Å². The Balaban J connectivity index is 2.24. The Morgan fingerprint density at radius 1 is 1.33 bits per heavy atom. The third kappa shape index (κ3) is 3.52. The van der Waals surface area contributed by atoms with Crippen molar-refractivity contribution in [3.05, 3.63) is 63.1 Å². The molecule has 0 aliphatic carbocycles. The Hall–Kier alpha value is -1.65. The van der Waals surface area contributed by atoms with Crippen LogP contribution >= 0.6 is 23.2 Å². The Morgan fingerprint density at radius 2 is 2.05 bits per heavy atom. The van der Waals surface area contributed by atoms with Crippen LogP contribution in [0.15, 0.2) is 30.5 Å². The average molecular weight is 327 g/mol. The van der Waals surface area contributed by atoms with Crippen molar-refractivity contribution in [2.45, 2.75) is 13.5 Å². The maximum Gasteiger partial charge on any atom is 0.256 e. The fourth-order valence-corrected chi connectivity index (χ4v) is 2.39. The zero-order valence-electron chi connectivity index (χ0n) is 11.5. The minimum Gasteiger partial charge on any atom is -0.337 e. The van der Waals surface area contributed by atoms with Crippen LogP contribution in [0.2, 0.25) is 10.0 Å². The number of hydrogen-bond acceptors (Lipinski definition) is 2. The van der Waals surface area contributed by atoms with E-state index in [0.717, 1.165) is 5.69 Å². The standard InChI is InChI=1S/C15H13Cl2FN2O/c1-9-6-13(17)10(7-19-9)15(21)20(2)8-11-12(16)4-3-5-14(11)18/h3-7H,8H2,1-2H3. The summed E-state index contributed by atoms with van der Waals surface area (Å²) in [7, 11) is 1.56. The molecule has 0 spiro atoms. The molecule has 0 aliphatic rings. The van der Waals surface area contributed by atoms with Gasteiger partial charge < -0.3 is 4.90 Å². The highest BCUT2D eigenvalue weighted by Crippen LogP contribution is 2.22. The summed E-state index contributed by atoms with van der Waals surface area (Å²) < 4.78 is 13.7. The molecule has 0 saturated carbocycles. The predicted octanol–water partition coefficient (Wildman–Crippen LogP) is 4.11. The molecule has 0 radical (unpaired) electrons. The van der Waals surface area contributed by atoms with Gasteiger partial charge in [-0.1, -0.05) is 29.3 Å². The molecule has 0 fully saturated rings. The van der Waals surface area contributed by atoms with Gasteiger partial charge >= 0.3 is 0 Å². The van der Waals surface area contributed by atoms with Crippen LogP contribution in [0, 0.1) is 12.7 Å². The van der Waals surface area contributed by atoms with E-state index in [1.54, 1.807) is 26.1 Å². The van der Waals surface area contributed by atoms with Crippen molar-refractivity contribution >= 4 is 29.1 Å². The number of rotatable bonds is 3. The first-order valence-corrected chi connectivity index (χ1v) is 6.96. The zero-order valence-corrected chi connectivity index (χ0v) is 13.0. The maximum absolute atomic E-state index is 13.7. The lowest BCUT2D eigenvalue weighted by molar-refractivity contribution is 0.0783. The van der Waals surface area contributed by atoms with Crippen LogP contribution in [0.25, 0.3) is 0 Å². The van der Waals surface area contributed by atoms with Crippen LogP contribution < -0.4 is 0 Å². The molecule has 3 nitrogen and oxygen atoms in total. The van der Waals surface area contributed by atoms with Crippen molar-refractivity contribution in [2.75, 3.05) is 7.05 Å². The maximum atomic E-state index is 13.7. The van der Waals surface area contributed by atoms with Crippen LogP contribution in [-0.4, -0.2) is 22.8 Å². The summed E-state index contributed by atoms with van der Waals surface area (Å²) in [5, 5.41) is 0.599.